The number of rotatable bonds is 7. The van der Waals surface area contributed by atoms with E-state index in [0.29, 0.717) is 12.5 Å². The van der Waals surface area contributed by atoms with Crippen molar-refractivity contribution >= 4 is 24.0 Å². The molecule has 5 heteroatoms. The summed E-state index contributed by atoms with van der Waals surface area (Å²) in [5.74, 6) is 0.334. The second-order valence-corrected chi connectivity index (χ2v) is 4.59. The number of anilines is 1. The van der Waals surface area contributed by atoms with Crippen molar-refractivity contribution in [3.05, 3.63) is 30.3 Å². The molecule has 0 heterocycles. The fourth-order valence-electron chi connectivity index (χ4n) is 1.58. The van der Waals surface area contributed by atoms with Gasteiger partial charge >= 0.3 is 0 Å². The van der Waals surface area contributed by atoms with Crippen LogP contribution in [-0.2, 0) is 9.53 Å². The van der Waals surface area contributed by atoms with Crippen LogP contribution in [0.1, 0.15) is 13.8 Å². The molecule has 108 valence electrons. The van der Waals surface area contributed by atoms with Crippen LogP contribution in [0.2, 0.25) is 0 Å². The minimum atomic E-state index is -0.0189. The van der Waals surface area contributed by atoms with E-state index in [4.69, 9.17) is 4.74 Å². The molecule has 0 spiro atoms. The minimum absolute atomic E-state index is 0. The van der Waals surface area contributed by atoms with Gasteiger partial charge in [-0.05, 0) is 18.1 Å². The van der Waals surface area contributed by atoms with Crippen LogP contribution in [0.3, 0.4) is 0 Å². The van der Waals surface area contributed by atoms with Crippen LogP contribution < -0.4 is 10.6 Å². The molecule has 2 N–H and O–H groups in total. The number of benzene rings is 1. The number of para-hydroxylation sites is 1. The van der Waals surface area contributed by atoms with Crippen LogP contribution in [0.5, 0.6) is 0 Å². The molecule has 0 saturated heterocycles. The zero-order valence-electron chi connectivity index (χ0n) is 11.7. The molecular formula is C14H23ClN2O2. The Morgan fingerprint density at radius 1 is 1.26 bits per heavy atom. The van der Waals surface area contributed by atoms with Crippen molar-refractivity contribution in [3.63, 3.8) is 0 Å². The molecule has 1 aromatic rings. The molecule has 0 radical (unpaired) electrons. The molecule has 0 aliphatic carbocycles. The van der Waals surface area contributed by atoms with Crippen LogP contribution in [0.4, 0.5) is 5.69 Å². The van der Waals surface area contributed by atoms with Gasteiger partial charge in [-0.3, -0.25) is 4.79 Å². The summed E-state index contributed by atoms with van der Waals surface area (Å²) in [5, 5.41) is 6.04. The molecule has 1 aromatic carbocycles. The quantitative estimate of drug-likeness (QED) is 0.809. The van der Waals surface area contributed by atoms with Gasteiger partial charge in [0, 0.05) is 12.8 Å². The number of ether oxygens (including phenoxy) is 1. The topological polar surface area (TPSA) is 50.4 Å². The SMILES string of the molecule is COCC(NC(=O)CNc1ccccc1)C(C)C.Cl. The highest BCUT2D eigenvalue weighted by Crippen LogP contribution is 2.05. The first-order valence-corrected chi connectivity index (χ1v) is 6.20. The lowest BCUT2D eigenvalue weighted by atomic mass is 10.1. The summed E-state index contributed by atoms with van der Waals surface area (Å²) in [6.45, 7) is 4.94. The molecular weight excluding hydrogens is 264 g/mol. The average Bonchev–Trinajstić information content (AvgIpc) is 2.37. The third-order valence-corrected chi connectivity index (χ3v) is 2.72. The summed E-state index contributed by atoms with van der Waals surface area (Å²) >= 11 is 0. The predicted molar refractivity (Wildman–Crippen MR) is 80.8 cm³/mol. The fourth-order valence-corrected chi connectivity index (χ4v) is 1.58. The van der Waals surface area contributed by atoms with Crippen molar-refractivity contribution in [3.8, 4) is 0 Å². The lowest BCUT2D eigenvalue weighted by Gasteiger charge is -2.21. The number of hydrogen-bond donors (Lipinski definition) is 2. The summed E-state index contributed by atoms with van der Waals surface area (Å²) in [4.78, 5) is 11.8. The summed E-state index contributed by atoms with van der Waals surface area (Å²) in [6, 6.07) is 9.73. The van der Waals surface area contributed by atoms with E-state index in [0.717, 1.165) is 5.69 Å². The zero-order valence-corrected chi connectivity index (χ0v) is 12.5. The van der Waals surface area contributed by atoms with Crippen molar-refractivity contribution in [1.29, 1.82) is 0 Å². The second kappa shape index (κ2) is 9.64. The molecule has 1 unspecified atom stereocenters. The largest absolute Gasteiger partial charge is 0.383 e. The highest BCUT2D eigenvalue weighted by molar-refractivity contribution is 5.85. The van der Waals surface area contributed by atoms with Crippen molar-refractivity contribution in [2.75, 3.05) is 25.6 Å². The molecule has 19 heavy (non-hydrogen) atoms. The Morgan fingerprint density at radius 3 is 2.42 bits per heavy atom. The van der Waals surface area contributed by atoms with Gasteiger partial charge in [0.25, 0.3) is 0 Å². The summed E-state index contributed by atoms with van der Waals surface area (Å²) in [7, 11) is 1.64. The molecule has 1 rings (SSSR count). The molecule has 0 aliphatic rings. The molecule has 1 amide bonds. The maximum absolute atomic E-state index is 11.8. The van der Waals surface area contributed by atoms with Crippen LogP contribution in [0.25, 0.3) is 0 Å². The van der Waals surface area contributed by atoms with Gasteiger partial charge in [0.15, 0.2) is 0 Å². The van der Waals surface area contributed by atoms with Crippen LogP contribution >= 0.6 is 12.4 Å². The third-order valence-electron chi connectivity index (χ3n) is 2.72. The lowest BCUT2D eigenvalue weighted by Crippen LogP contribution is -2.44. The van der Waals surface area contributed by atoms with E-state index in [1.165, 1.54) is 0 Å². The van der Waals surface area contributed by atoms with Gasteiger partial charge in [-0.25, -0.2) is 0 Å². The monoisotopic (exact) mass is 286 g/mol. The Bertz CT molecular complexity index is 358. The smallest absolute Gasteiger partial charge is 0.239 e. The molecule has 0 aromatic heterocycles. The number of halogens is 1. The van der Waals surface area contributed by atoms with E-state index in [1.807, 2.05) is 30.3 Å². The first kappa shape index (κ1) is 17.7. The number of carbonyl (C=O) groups is 1. The normalized spacial score (nSPS) is 11.6. The highest BCUT2D eigenvalue weighted by Gasteiger charge is 2.15. The van der Waals surface area contributed by atoms with Gasteiger partial charge in [-0.1, -0.05) is 32.0 Å². The lowest BCUT2D eigenvalue weighted by molar-refractivity contribution is -0.120. The summed E-state index contributed by atoms with van der Waals surface area (Å²) in [5.41, 5.74) is 0.945. The van der Waals surface area contributed by atoms with Crippen molar-refractivity contribution < 1.29 is 9.53 Å². The molecule has 0 saturated carbocycles. The van der Waals surface area contributed by atoms with Crippen LogP contribution in [0.15, 0.2) is 30.3 Å². The molecule has 0 aliphatic heterocycles. The van der Waals surface area contributed by atoms with Crippen LogP contribution in [-0.4, -0.2) is 32.2 Å². The maximum Gasteiger partial charge on any atom is 0.239 e. The van der Waals surface area contributed by atoms with E-state index >= 15 is 0 Å². The highest BCUT2D eigenvalue weighted by atomic mass is 35.5. The number of nitrogens with one attached hydrogen (secondary N) is 2. The fraction of sp³-hybridized carbons (Fsp3) is 0.500. The molecule has 0 bridgehead atoms. The number of carbonyl (C=O) groups excluding carboxylic acids is 1. The maximum atomic E-state index is 11.8. The Kier molecular flexibility index (Phi) is 9.00. The van der Waals surface area contributed by atoms with Gasteiger partial charge in [-0.15, -0.1) is 12.4 Å². The van der Waals surface area contributed by atoms with Crippen molar-refractivity contribution in [2.24, 2.45) is 5.92 Å². The van der Waals surface area contributed by atoms with E-state index in [1.54, 1.807) is 7.11 Å². The van der Waals surface area contributed by atoms with E-state index < -0.39 is 0 Å². The Hall–Kier alpha value is -1.26. The third kappa shape index (κ3) is 7.03. The number of methoxy groups -OCH3 is 1. The Balaban J connectivity index is 0.00000324. The Labute approximate surface area is 121 Å². The van der Waals surface area contributed by atoms with E-state index in [2.05, 4.69) is 24.5 Å². The van der Waals surface area contributed by atoms with Crippen LogP contribution in [0, 0.1) is 5.92 Å². The van der Waals surface area contributed by atoms with Gasteiger partial charge in [0.05, 0.1) is 19.2 Å². The first-order valence-electron chi connectivity index (χ1n) is 6.20. The molecule has 4 nitrogen and oxygen atoms in total. The van der Waals surface area contributed by atoms with Gasteiger partial charge in [0.2, 0.25) is 5.91 Å². The number of amides is 1. The van der Waals surface area contributed by atoms with E-state index in [-0.39, 0.29) is 30.9 Å². The zero-order chi connectivity index (χ0) is 13.4. The second-order valence-electron chi connectivity index (χ2n) is 4.59. The predicted octanol–water partition coefficient (Wildman–Crippen LogP) is 2.31. The minimum Gasteiger partial charge on any atom is -0.383 e. The first-order chi connectivity index (χ1) is 8.63. The average molecular weight is 287 g/mol. The summed E-state index contributed by atoms with van der Waals surface area (Å²) in [6.07, 6.45) is 0. The van der Waals surface area contributed by atoms with Crippen molar-refractivity contribution in [1.82, 2.24) is 5.32 Å². The molecule has 0 fully saturated rings. The van der Waals surface area contributed by atoms with Gasteiger partial charge in [-0.2, -0.15) is 0 Å². The number of hydrogen-bond acceptors (Lipinski definition) is 3. The van der Waals surface area contributed by atoms with E-state index in [9.17, 15) is 4.79 Å². The Morgan fingerprint density at radius 2 is 1.89 bits per heavy atom. The van der Waals surface area contributed by atoms with Gasteiger partial charge in [0.1, 0.15) is 0 Å². The standard InChI is InChI=1S/C14H22N2O2.ClH/c1-11(2)13(10-18-3)16-14(17)9-15-12-7-5-4-6-8-12;/h4-8,11,13,15H,9-10H2,1-3H3,(H,16,17);1H. The van der Waals surface area contributed by atoms with Gasteiger partial charge < -0.3 is 15.4 Å². The molecule has 1 atom stereocenters. The van der Waals surface area contributed by atoms with Crippen molar-refractivity contribution in [2.45, 2.75) is 19.9 Å². The summed E-state index contributed by atoms with van der Waals surface area (Å²) < 4.78 is 5.09.